The molecule has 90 valence electrons. The fraction of sp³-hybridized carbons (Fsp3) is 0.385. The van der Waals surface area contributed by atoms with E-state index in [1.165, 1.54) is 0 Å². The molecule has 0 aliphatic carbocycles. The fourth-order valence-corrected chi connectivity index (χ4v) is 1.46. The summed E-state index contributed by atoms with van der Waals surface area (Å²) in [4.78, 5) is 11.7. The average Bonchev–Trinajstić information content (AvgIpc) is 2.32. The summed E-state index contributed by atoms with van der Waals surface area (Å²) in [6.45, 7) is 2.52. The second-order valence-corrected chi connectivity index (χ2v) is 3.98. The van der Waals surface area contributed by atoms with Crippen molar-refractivity contribution in [1.82, 2.24) is 5.32 Å². The van der Waals surface area contributed by atoms with Gasteiger partial charge in [-0.15, -0.1) is 0 Å². The summed E-state index contributed by atoms with van der Waals surface area (Å²) in [6, 6.07) is 9.41. The molecule has 0 saturated heterocycles. The minimum absolute atomic E-state index is 0.00705. The van der Waals surface area contributed by atoms with Gasteiger partial charge in [0.2, 0.25) is 5.91 Å². The number of anilines is 1. The Labute approximate surface area is 102 Å². The summed E-state index contributed by atoms with van der Waals surface area (Å²) in [6.07, 6.45) is 0.393. The van der Waals surface area contributed by atoms with Gasteiger partial charge in [-0.2, -0.15) is 5.26 Å². The van der Waals surface area contributed by atoms with E-state index in [1.807, 2.05) is 38.2 Å². The molecular weight excluding hydrogens is 214 g/mol. The van der Waals surface area contributed by atoms with Crippen LogP contribution in [-0.2, 0) is 11.2 Å². The molecule has 2 N–H and O–H groups in total. The summed E-state index contributed by atoms with van der Waals surface area (Å²) in [7, 11) is 1.82. The molecule has 1 aromatic rings. The molecule has 0 aliphatic rings. The lowest BCUT2D eigenvalue weighted by Gasteiger charge is -2.11. The van der Waals surface area contributed by atoms with E-state index in [9.17, 15) is 4.79 Å². The second-order valence-electron chi connectivity index (χ2n) is 3.98. The maximum atomic E-state index is 11.7. The lowest BCUT2D eigenvalue weighted by atomic mass is 10.1. The zero-order chi connectivity index (χ0) is 12.7. The van der Waals surface area contributed by atoms with Crippen molar-refractivity contribution in [2.24, 2.45) is 5.92 Å². The Kier molecular flexibility index (Phi) is 5.18. The smallest absolute Gasteiger partial charge is 0.228 e. The zero-order valence-electron chi connectivity index (χ0n) is 10.2. The van der Waals surface area contributed by atoms with Crippen LogP contribution in [-0.4, -0.2) is 19.5 Å². The van der Waals surface area contributed by atoms with Crippen LogP contribution in [0.1, 0.15) is 12.5 Å². The summed E-state index contributed by atoms with van der Waals surface area (Å²) < 4.78 is 0. The molecule has 0 spiro atoms. The van der Waals surface area contributed by atoms with Gasteiger partial charge in [0.15, 0.2) is 0 Å². The van der Waals surface area contributed by atoms with E-state index in [-0.39, 0.29) is 11.8 Å². The van der Waals surface area contributed by atoms with Crippen LogP contribution in [0.5, 0.6) is 0 Å². The quantitative estimate of drug-likeness (QED) is 0.808. The van der Waals surface area contributed by atoms with Gasteiger partial charge in [0, 0.05) is 18.2 Å². The van der Waals surface area contributed by atoms with Crippen molar-refractivity contribution in [3.8, 4) is 6.07 Å². The molecular formula is C13H17N3O. The van der Waals surface area contributed by atoms with Gasteiger partial charge in [-0.3, -0.25) is 4.79 Å². The molecule has 0 heterocycles. The third-order valence-corrected chi connectivity index (χ3v) is 2.46. The second kappa shape index (κ2) is 6.66. The third kappa shape index (κ3) is 4.25. The number of rotatable bonds is 5. The molecule has 0 fully saturated rings. The van der Waals surface area contributed by atoms with E-state index < -0.39 is 0 Å². The van der Waals surface area contributed by atoms with Crippen LogP contribution >= 0.6 is 0 Å². The molecule has 0 aromatic heterocycles. The molecule has 0 bridgehead atoms. The SMILES string of the molecule is CNCC(C)C(=O)Nc1ccc(CC#N)cc1. The van der Waals surface area contributed by atoms with E-state index in [0.29, 0.717) is 13.0 Å². The minimum atomic E-state index is -0.0706. The van der Waals surface area contributed by atoms with Crippen molar-refractivity contribution in [3.05, 3.63) is 29.8 Å². The normalized spacial score (nSPS) is 11.6. The molecule has 1 aromatic carbocycles. The molecule has 4 heteroatoms. The predicted molar refractivity (Wildman–Crippen MR) is 67.5 cm³/mol. The number of carbonyl (C=O) groups excluding carboxylic acids is 1. The number of hydrogen-bond acceptors (Lipinski definition) is 3. The molecule has 1 atom stereocenters. The van der Waals surface area contributed by atoms with E-state index in [4.69, 9.17) is 5.26 Å². The van der Waals surface area contributed by atoms with Crippen LogP contribution in [0, 0.1) is 17.2 Å². The lowest BCUT2D eigenvalue weighted by molar-refractivity contribution is -0.119. The number of nitriles is 1. The van der Waals surface area contributed by atoms with Gasteiger partial charge < -0.3 is 10.6 Å². The Morgan fingerprint density at radius 2 is 2.06 bits per heavy atom. The van der Waals surface area contributed by atoms with Gasteiger partial charge in [-0.1, -0.05) is 19.1 Å². The first-order chi connectivity index (χ1) is 8.17. The van der Waals surface area contributed by atoms with Crippen LogP contribution in [0.3, 0.4) is 0 Å². The van der Waals surface area contributed by atoms with Gasteiger partial charge in [0.05, 0.1) is 12.5 Å². The summed E-state index contributed by atoms with van der Waals surface area (Å²) in [5.41, 5.74) is 1.72. The van der Waals surface area contributed by atoms with Crippen LogP contribution in [0.25, 0.3) is 0 Å². The number of nitrogens with zero attached hydrogens (tertiary/aromatic N) is 1. The number of amides is 1. The van der Waals surface area contributed by atoms with E-state index >= 15 is 0 Å². The van der Waals surface area contributed by atoms with Crippen LogP contribution in [0.15, 0.2) is 24.3 Å². The zero-order valence-corrected chi connectivity index (χ0v) is 10.2. The van der Waals surface area contributed by atoms with Gasteiger partial charge in [-0.25, -0.2) is 0 Å². The van der Waals surface area contributed by atoms with Crippen LogP contribution < -0.4 is 10.6 Å². The molecule has 1 unspecified atom stereocenters. The lowest BCUT2D eigenvalue weighted by Crippen LogP contribution is -2.28. The average molecular weight is 231 g/mol. The van der Waals surface area contributed by atoms with Crippen molar-refractivity contribution in [2.75, 3.05) is 18.9 Å². The standard InChI is InChI=1S/C13H17N3O/c1-10(9-15-2)13(17)16-12-5-3-11(4-6-12)7-8-14/h3-6,10,15H,7,9H2,1-2H3,(H,16,17). The predicted octanol–water partition coefficient (Wildman–Crippen LogP) is 1.55. The third-order valence-electron chi connectivity index (χ3n) is 2.46. The Morgan fingerprint density at radius 1 is 1.41 bits per heavy atom. The van der Waals surface area contributed by atoms with Crippen LogP contribution in [0.4, 0.5) is 5.69 Å². The first-order valence-corrected chi connectivity index (χ1v) is 5.58. The number of carbonyl (C=O) groups is 1. The Hall–Kier alpha value is -1.86. The van der Waals surface area contributed by atoms with Crippen molar-refractivity contribution < 1.29 is 4.79 Å². The Balaban J connectivity index is 2.57. The highest BCUT2D eigenvalue weighted by atomic mass is 16.1. The summed E-state index contributed by atoms with van der Waals surface area (Å²) >= 11 is 0. The number of benzene rings is 1. The fourth-order valence-electron chi connectivity index (χ4n) is 1.46. The first kappa shape index (κ1) is 13.2. The molecule has 1 rings (SSSR count). The largest absolute Gasteiger partial charge is 0.326 e. The highest BCUT2D eigenvalue weighted by Gasteiger charge is 2.11. The first-order valence-electron chi connectivity index (χ1n) is 5.58. The molecule has 0 saturated carbocycles. The topological polar surface area (TPSA) is 64.9 Å². The van der Waals surface area contributed by atoms with Gasteiger partial charge >= 0.3 is 0 Å². The molecule has 1 amide bonds. The summed E-state index contributed by atoms with van der Waals surface area (Å²) in [5, 5.41) is 14.3. The van der Waals surface area contributed by atoms with Gasteiger partial charge in [0.1, 0.15) is 0 Å². The maximum Gasteiger partial charge on any atom is 0.228 e. The van der Waals surface area contributed by atoms with Crippen LogP contribution in [0.2, 0.25) is 0 Å². The highest BCUT2D eigenvalue weighted by Crippen LogP contribution is 2.11. The molecule has 0 aliphatic heterocycles. The number of nitrogens with one attached hydrogen (secondary N) is 2. The van der Waals surface area contributed by atoms with E-state index in [0.717, 1.165) is 11.3 Å². The maximum absolute atomic E-state index is 11.7. The van der Waals surface area contributed by atoms with Gasteiger partial charge in [0.25, 0.3) is 0 Å². The summed E-state index contributed by atoms with van der Waals surface area (Å²) in [5.74, 6) is -0.0776. The van der Waals surface area contributed by atoms with E-state index in [2.05, 4.69) is 16.7 Å². The molecule has 4 nitrogen and oxygen atoms in total. The highest BCUT2D eigenvalue weighted by molar-refractivity contribution is 5.92. The minimum Gasteiger partial charge on any atom is -0.326 e. The Bertz CT molecular complexity index is 406. The van der Waals surface area contributed by atoms with Gasteiger partial charge in [-0.05, 0) is 24.7 Å². The molecule has 17 heavy (non-hydrogen) atoms. The van der Waals surface area contributed by atoms with E-state index in [1.54, 1.807) is 0 Å². The van der Waals surface area contributed by atoms with Crippen molar-refractivity contribution in [2.45, 2.75) is 13.3 Å². The monoisotopic (exact) mass is 231 g/mol. The molecule has 0 radical (unpaired) electrons. The Morgan fingerprint density at radius 3 is 2.59 bits per heavy atom. The van der Waals surface area contributed by atoms with Crippen molar-refractivity contribution in [3.63, 3.8) is 0 Å². The van der Waals surface area contributed by atoms with Crippen molar-refractivity contribution >= 4 is 11.6 Å². The number of hydrogen-bond donors (Lipinski definition) is 2. The van der Waals surface area contributed by atoms with Crippen molar-refractivity contribution in [1.29, 1.82) is 5.26 Å².